The number of carbonyl (C=O) groups excluding carboxylic acids is 1. The number of aryl methyl sites for hydroxylation is 1. The van der Waals surface area contributed by atoms with Crippen LogP contribution in [0.4, 0.5) is 0 Å². The number of ether oxygens (including phenoxy) is 1. The van der Waals surface area contributed by atoms with Crippen LogP contribution < -0.4 is 4.74 Å². The van der Waals surface area contributed by atoms with E-state index in [2.05, 4.69) is 9.97 Å². The molecule has 1 heterocycles. The van der Waals surface area contributed by atoms with Crippen molar-refractivity contribution in [2.75, 3.05) is 7.11 Å². The Balaban J connectivity index is 2.20. The summed E-state index contributed by atoms with van der Waals surface area (Å²) < 4.78 is 5.25. The van der Waals surface area contributed by atoms with Gasteiger partial charge in [-0.25, -0.2) is 9.97 Å². The summed E-state index contributed by atoms with van der Waals surface area (Å²) >= 11 is 0. The van der Waals surface area contributed by atoms with Crippen LogP contribution in [0.5, 0.6) is 5.75 Å². The largest absolute Gasteiger partial charge is 0.496 e. The van der Waals surface area contributed by atoms with Gasteiger partial charge in [-0.3, -0.25) is 4.79 Å². The van der Waals surface area contributed by atoms with Crippen molar-refractivity contribution in [1.29, 1.82) is 0 Å². The molecule has 0 unspecified atom stereocenters. The van der Waals surface area contributed by atoms with E-state index in [0.717, 1.165) is 17.7 Å². The van der Waals surface area contributed by atoms with Gasteiger partial charge in [-0.2, -0.15) is 0 Å². The maximum absolute atomic E-state index is 12.2. The van der Waals surface area contributed by atoms with Crippen molar-refractivity contribution >= 4 is 5.78 Å². The highest BCUT2D eigenvalue weighted by atomic mass is 16.5. The van der Waals surface area contributed by atoms with Crippen molar-refractivity contribution in [2.24, 2.45) is 0 Å². The molecule has 0 N–H and O–H groups in total. The first-order chi connectivity index (χ1) is 9.24. The van der Waals surface area contributed by atoms with Crippen LogP contribution in [-0.2, 0) is 12.8 Å². The van der Waals surface area contributed by atoms with Crippen molar-refractivity contribution < 1.29 is 9.53 Å². The SMILES string of the molecule is CCc1cc(C(=O)Cc2ncccn2)ccc1OC. The second-order valence-electron chi connectivity index (χ2n) is 4.15. The predicted molar refractivity (Wildman–Crippen MR) is 72.4 cm³/mol. The Bertz CT molecular complexity index is 568. The fourth-order valence-corrected chi connectivity index (χ4v) is 1.90. The average molecular weight is 256 g/mol. The molecule has 4 heteroatoms. The summed E-state index contributed by atoms with van der Waals surface area (Å²) in [4.78, 5) is 20.3. The maximum atomic E-state index is 12.2. The molecule has 0 aliphatic heterocycles. The first kappa shape index (κ1) is 13.2. The minimum atomic E-state index is 0.0172. The number of Topliss-reactive ketones (excluding diaryl/α,β-unsaturated/α-hetero) is 1. The molecule has 0 saturated carbocycles. The summed E-state index contributed by atoms with van der Waals surface area (Å²) in [5.41, 5.74) is 1.70. The lowest BCUT2D eigenvalue weighted by atomic mass is 10.0. The molecule has 1 aromatic heterocycles. The zero-order valence-electron chi connectivity index (χ0n) is 11.1. The van der Waals surface area contributed by atoms with Crippen LogP contribution in [0.15, 0.2) is 36.7 Å². The topological polar surface area (TPSA) is 52.1 Å². The van der Waals surface area contributed by atoms with Crippen LogP contribution in [0.3, 0.4) is 0 Å². The molecule has 0 spiro atoms. The molecule has 4 nitrogen and oxygen atoms in total. The fourth-order valence-electron chi connectivity index (χ4n) is 1.90. The van der Waals surface area contributed by atoms with Gasteiger partial charge >= 0.3 is 0 Å². The number of aromatic nitrogens is 2. The highest BCUT2D eigenvalue weighted by Crippen LogP contribution is 2.21. The van der Waals surface area contributed by atoms with Crippen LogP contribution in [0.2, 0.25) is 0 Å². The van der Waals surface area contributed by atoms with E-state index >= 15 is 0 Å². The number of benzene rings is 1. The van der Waals surface area contributed by atoms with Gasteiger partial charge in [0.2, 0.25) is 0 Å². The number of rotatable bonds is 5. The molecule has 0 aliphatic rings. The van der Waals surface area contributed by atoms with Gasteiger partial charge in [0.1, 0.15) is 11.6 Å². The van der Waals surface area contributed by atoms with Crippen molar-refractivity contribution in [1.82, 2.24) is 9.97 Å². The Kier molecular flexibility index (Phi) is 4.23. The van der Waals surface area contributed by atoms with Gasteiger partial charge in [0.05, 0.1) is 13.5 Å². The Labute approximate surface area is 112 Å². The lowest BCUT2D eigenvalue weighted by Crippen LogP contribution is -2.07. The Morgan fingerprint density at radius 1 is 1.26 bits per heavy atom. The summed E-state index contributed by atoms with van der Waals surface area (Å²) in [5, 5.41) is 0. The molecule has 0 aliphatic carbocycles. The normalized spacial score (nSPS) is 10.2. The van der Waals surface area contributed by atoms with Gasteiger partial charge in [-0.05, 0) is 36.2 Å². The van der Waals surface area contributed by atoms with Crippen LogP contribution in [-0.4, -0.2) is 22.9 Å². The highest BCUT2D eigenvalue weighted by molar-refractivity contribution is 5.97. The van der Waals surface area contributed by atoms with Gasteiger partial charge in [0, 0.05) is 18.0 Å². The van der Waals surface area contributed by atoms with Gasteiger partial charge in [-0.1, -0.05) is 6.92 Å². The van der Waals surface area contributed by atoms with Gasteiger partial charge < -0.3 is 4.74 Å². The maximum Gasteiger partial charge on any atom is 0.170 e. The molecule has 0 fully saturated rings. The number of methoxy groups -OCH3 is 1. The van der Waals surface area contributed by atoms with E-state index in [1.807, 2.05) is 19.1 Å². The number of nitrogens with zero attached hydrogens (tertiary/aromatic N) is 2. The number of ketones is 1. The Morgan fingerprint density at radius 2 is 2.00 bits per heavy atom. The van der Waals surface area contributed by atoms with Crippen LogP contribution in [0, 0.1) is 0 Å². The van der Waals surface area contributed by atoms with Crippen LogP contribution in [0.1, 0.15) is 28.7 Å². The minimum absolute atomic E-state index is 0.0172. The van der Waals surface area contributed by atoms with Crippen molar-refractivity contribution in [2.45, 2.75) is 19.8 Å². The first-order valence-corrected chi connectivity index (χ1v) is 6.20. The second-order valence-corrected chi connectivity index (χ2v) is 4.15. The zero-order chi connectivity index (χ0) is 13.7. The fraction of sp³-hybridized carbons (Fsp3) is 0.267. The third-order valence-electron chi connectivity index (χ3n) is 2.92. The van der Waals surface area contributed by atoms with E-state index in [1.165, 1.54) is 0 Å². The van der Waals surface area contributed by atoms with E-state index in [1.54, 1.807) is 31.6 Å². The zero-order valence-corrected chi connectivity index (χ0v) is 11.1. The molecule has 98 valence electrons. The molecule has 0 amide bonds. The third-order valence-corrected chi connectivity index (χ3v) is 2.92. The predicted octanol–water partition coefficient (Wildman–Crippen LogP) is 2.47. The molecule has 2 aromatic rings. The van der Waals surface area contributed by atoms with Crippen LogP contribution in [0.25, 0.3) is 0 Å². The minimum Gasteiger partial charge on any atom is -0.496 e. The summed E-state index contributed by atoms with van der Waals surface area (Å²) in [6.07, 6.45) is 4.32. The van der Waals surface area contributed by atoms with E-state index in [4.69, 9.17) is 4.74 Å². The van der Waals surface area contributed by atoms with Gasteiger partial charge in [-0.15, -0.1) is 0 Å². The van der Waals surface area contributed by atoms with Gasteiger partial charge in [0.25, 0.3) is 0 Å². The van der Waals surface area contributed by atoms with E-state index in [0.29, 0.717) is 11.4 Å². The Hall–Kier alpha value is -2.23. The van der Waals surface area contributed by atoms with Crippen molar-refractivity contribution in [3.8, 4) is 5.75 Å². The van der Waals surface area contributed by atoms with Crippen molar-refractivity contribution in [3.63, 3.8) is 0 Å². The molecule has 0 radical (unpaired) electrons. The summed E-state index contributed by atoms with van der Waals surface area (Å²) in [7, 11) is 1.63. The molecular weight excluding hydrogens is 240 g/mol. The van der Waals surface area contributed by atoms with Crippen molar-refractivity contribution in [3.05, 3.63) is 53.6 Å². The van der Waals surface area contributed by atoms with E-state index in [9.17, 15) is 4.79 Å². The van der Waals surface area contributed by atoms with Gasteiger partial charge in [0.15, 0.2) is 5.78 Å². The molecule has 0 bridgehead atoms. The lowest BCUT2D eigenvalue weighted by Gasteiger charge is -2.08. The Morgan fingerprint density at radius 3 is 2.63 bits per heavy atom. The standard InChI is InChI=1S/C15H16N2O2/c1-3-11-9-12(5-6-14(11)19-2)13(18)10-15-16-7-4-8-17-15/h4-9H,3,10H2,1-2H3. The highest BCUT2D eigenvalue weighted by Gasteiger charge is 2.11. The smallest absolute Gasteiger partial charge is 0.170 e. The second kappa shape index (κ2) is 6.09. The first-order valence-electron chi connectivity index (χ1n) is 6.20. The van der Waals surface area contributed by atoms with Crippen LogP contribution >= 0.6 is 0 Å². The molecule has 0 saturated heterocycles. The lowest BCUT2D eigenvalue weighted by molar-refractivity contribution is 0.0990. The summed E-state index contributed by atoms with van der Waals surface area (Å²) in [6, 6.07) is 7.22. The number of carbonyl (C=O) groups is 1. The van der Waals surface area contributed by atoms with E-state index < -0.39 is 0 Å². The molecule has 0 atom stereocenters. The molecule has 2 rings (SSSR count). The number of hydrogen-bond acceptors (Lipinski definition) is 4. The summed E-state index contributed by atoms with van der Waals surface area (Å²) in [5.74, 6) is 1.37. The summed E-state index contributed by atoms with van der Waals surface area (Å²) in [6.45, 7) is 2.03. The monoisotopic (exact) mass is 256 g/mol. The van der Waals surface area contributed by atoms with E-state index in [-0.39, 0.29) is 12.2 Å². The molecular formula is C15H16N2O2. The number of hydrogen-bond donors (Lipinski definition) is 0. The molecule has 19 heavy (non-hydrogen) atoms. The third kappa shape index (κ3) is 3.16. The molecule has 1 aromatic carbocycles. The quantitative estimate of drug-likeness (QED) is 0.771. The average Bonchev–Trinajstić information content (AvgIpc) is 2.47.